The molecule has 0 radical (unpaired) electrons. The molecule has 0 bridgehead atoms. The zero-order chi connectivity index (χ0) is 38.4. The molecule has 7 rings (SSSR count). The summed E-state index contributed by atoms with van der Waals surface area (Å²) in [6.45, 7) is 0.551. The first kappa shape index (κ1) is 37.2. The molecule has 2 aliphatic heterocycles. The van der Waals surface area contributed by atoms with E-state index >= 15 is 0 Å². The van der Waals surface area contributed by atoms with Crippen LogP contribution < -0.4 is 11.1 Å². The van der Waals surface area contributed by atoms with E-state index in [1.165, 1.54) is 34.9 Å². The van der Waals surface area contributed by atoms with E-state index in [0.717, 1.165) is 34.4 Å². The SMILES string of the molecule is CC(=O)OCOC(=O)C1=C(/C=C\c2csnn2)CSC2C(NC(=O)/C=N\OC(c3ccccc3)(c3ccccc3)c3ccccc3-c3csc(N)n3)C(=O)N12. The number of nitrogens with zero attached hydrogens (tertiary/aromatic N) is 5. The lowest BCUT2D eigenvalue weighted by molar-refractivity contribution is -0.166. The molecule has 2 unspecified atom stereocenters. The second kappa shape index (κ2) is 16.5. The van der Waals surface area contributed by atoms with Crippen molar-refractivity contribution in [2.45, 2.75) is 23.9 Å². The van der Waals surface area contributed by atoms with E-state index in [9.17, 15) is 19.2 Å². The highest BCUT2D eigenvalue weighted by Gasteiger charge is 2.54. The van der Waals surface area contributed by atoms with Crippen LogP contribution in [0.25, 0.3) is 17.3 Å². The first-order valence-electron chi connectivity index (χ1n) is 16.6. The molecule has 3 N–H and O–H groups in total. The van der Waals surface area contributed by atoms with Gasteiger partial charge in [0.1, 0.15) is 23.3 Å². The third kappa shape index (κ3) is 7.75. The second-order valence-electron chi connectivity index (χ2n) is 12.0. The Morgan fingerprint density at radius 1 is 0.982 bits per heavy atom. The third-order valence-electron chi connectivity index (χ3n) is 8.60. The van der Waals surface area contributed by atoms with E-state index in [4.69, 9.17) is 20.0 Å². The molecule has 3 aromatic carbocycles. The minimum Gasteiger partial charge on any atom is -0.428 e. The van der Waals surface area contributed by atoms with E-state index in [-0.39, 0.29) is 5.70 Å². The molecule has 4 heterocycles. The van der Waals surface area contributed by atoms with Gasteiger partial charge in [0.05, 0.1) is 11.4 Å². The summed E-state index contributed by atoms with van der Waals surface area (Å²) in [7, 11) is 0. The number of carbonyl (C=O) groups excluding carboxylic acids is 4. The van der Waals surface area contributed by atoms with Crippen molar-refractivity contribution in [2.75, 3.05) is 18.3 Å². The molecular formula is C38H31N7O7S3. The Morgan fingerprint density at radius 2 is 1.69 bits per heavy atom. The third-order valence-corrected chi connectivity index (χ3v) is 11.1. The van der Waals surface area contributed by atoms with Gasteiger partial charge >= 0.3 is 11.9 Å². The number of hydrogen-bond donors (Lipinski definition) is 2. The van der Waals surface area contributed by atoms with Crippen molar-refractivity contribution < 1.29 is 33.5 Å². The van der Waals surface area contributed by atoms with Crippen LogP contribution in [-0.4, -0.2) is 73.4 Å². The highest BCUT2D eigenvalue weighted by atomic mass is 32.2. The van der Waals surface area contributed by atoms with Crippen molar-refractivity contribution in [3.05, 3.63) is 135 Å². The quantitative estimate of drug-likeness (QED) is 0.0408. The van der Waals surface area contributed by atoms with Crippen LogP contribution in [0, 0.1) is 0 Å². The van der Waals surface area contributed by atoms with Gasteiger partial charge in [-0.1, -0.05) is 101 Å². The lowest BCUT2D eigenvalue weighted by Gasteiger charge is -2.49. The van der Waals surface area contributed by atoms with Crippen molar-refractivity contribution in [3.8, 4) is 11.3 Å². The van der Waals surface area contributed by atoms with Crippen LogP contribution in [0.2, 0.25) is 0 Å². The lowest BCUT2D eigenvalue weighted by atomic mass is 9.78. The number of thiazole rings is 1. The predicted octanol–water partition coefficient (Wildman–Crippen LogP) is 4.97. The fourth-order valence-corrected chi connectivity index (χ4v) is 8.48. The van der Waals surface area contributed by atoms with Crippen molar-refractivity contribution >= 4 is 75.8 Å². The number of anilines is 1. The molecule has 0 spiro atoms. The van der Waals surface area contributed by atoms with Crippen molar-refractivity contribution in [1.29, 1.82) is 0 Å². The molecule has 2 atom stereocenters. The summed E-state index contributed by atoms with van der Waals surface area (Å²) < 4.78 is 13.8. The largest absolute Gasteiger partial charge is 0.428 e. The number of nitrogens with one attached hydrogen (secondary N) is 1. The number of rotatable bonds is 13. The van der Waals surface area contributed by atoms with E-state index in [1.807, 2.05) is 90.3 Å². The summed E-state index contributed by atoms with van der Waals surface area (Å²) in [5, 5.41) is 14.3. The Bertz CT molecular complexity index is 2260. The van der Waals surface area contributed by atoms with Gasteiger partial charge in [-0.05, 0) is 23.2 Å². The Labute approximate surface area is 326 Å². The number of esters is 2. The van der Waals surface area contributed by atoms with Crippen LogP contribution in [-0.2, 0) is 39.1 Å². The fourth-order valence-electron chi connectivity index (χ4n) is 6.17. The maximum absolute atomic E-state index is 13.6. The summed E-state index contributed by atoms with van der Waals surface area (Å²) >= 11 is 3.83. The molecule has 2 amide bonds. The Hall–Kier alpha value is -6.17. The van der Waals surface area contributed by atoms with Crippen LogP contribution in [0.1, 0.15) is 29.3 Å². The summed E-state index contributed by atoms with van der Waals surface area (Å²) in [6.07, 6.45) is 4.29. The molecule has 1 fully saturated rings. The summed E-state index contributed by atoms with van der Waals surface area (Å²) in [5.74, 6) is -2.44. The molecular weight excluding hydrogens is 763 g/mol. The first-order chi connectivity index (χ1) is 26.8. The van der Waals surface area contributed by atoms with Gasteiger partial charge in [-0.2, -0.15) is 0 Å². The highest BCUT2D eigenvalue weighted by molar-refractivity contribution is 8.00. The number of ether oxygens (including phenoxy) is 2. The lowest BCUT2D eigenvalue weighted by Crippen LogP contribution is -2.70. The van der Waals surface area contributed by atoms with E-state index in [0.29, 0.717) is 33.4 Å². The van der Waals surface area contributed by atoms with Gasteiger partial charge in [-0.25, -0.2) is 9.78 Å². The van der Waals surface area contributed by atoms with Crippen molar-refractivity contribution in [2.24, 2.45) is 5.16 Å². The Kier molecular flexibility index (Phi) is 11.1. The maximum atomic E-state index is 13.6. The number of nitrogen functional groups attached to an aromatic ring is 1. The zero-order valence-electron chi connectivity index (χ0n) is 28.9. The maximum Gasteiger partial charge on any atom is 0.358 e. The first-order valence-corrected chi connectivity index (χ1v) is 19.4. The molecule has 2 aromatic heterocycles. The number of fused-ring (bicyclic) bond motifs is 1. The topological polar surface area (TPSA) is 188 Å². The molecule has 278 valence electrons. The molecule has 0 aliphatic carbocycles. The number of β-lactam (4-membered cyclic amide) rings is 1. The summed E-state index contributed by atoms with van der Waals surface area (Å²) in [5.41, 5.74) is 9.27. The number of aromatic nitrogens is 3. The van der Waals surface area contributed by atoms with Crippen LogP contribution in [0.15, 0.2) is 118 Å². The monoisotopic (exact) mass is 793 g/mol. The summed E-state index contributed by atoms with van der Waals surface area (Å²) in [6, 6.07) is 25.6. The molecule has 2 aliphatic rings. The van der Waals surface area contributed by atoms with E-state index < -0.39 is 47.6 Å². The van der Waals surface area contributed by atoms with Gasteiger partial charge in [0, 0.05) is 45.7 Å². The zero-order valence-corrected chi connectivity index (χ0v) is 31.4. The fraction of sp³-hybridized carbons (Fsp3) is 0.158. The van der Waals surface area contributed by atoms with Gasteiger partial charge in [-0.15, -0.1) is 28.2 Å². The summed E-state index contributed by atoms with van der Waals surface area (Å²) in [4.78, 5) is 63.9. The molecule has 0 saturated carbocycles. The second-order valence-corrected chi connectivity index (χ2v) is 14.6. The van der Waals surface area contributed by atoms with Crippen LogP contribution >= 0.6 is 34.6 Å². The Morgan fingerprint density at radius 3 is 2.35 bits per heavy atom. The van der Waals surface area contributed by atoms with Crippen LogP contribution in [0.3, 0.4) is 0 Å². The van der Waals surface area contributed by atoms with Gasteiger partial charge < -0.3 is 25.4 Å². The molecule has 55 heavy (non-hydrogen) atoms. The number of thioether (sulfide) groups is 1. The van der Waals surface area contributed by atoms with Gasteiger partial charge in [0.25, 0.3) is 11.8 Å². The number of amides is 2. The highest BCUT2D eigenvalue weighted by Crippen LogP contribution is 2.45. The number of hydrogen-bond acceptors (Lipinski definition) is 15. The van der Waals surface area contributed by atoms with Crippen molar-refractivity contribution in [1.82, 2.24) is 24.8 Å². The van der Waals surface area contributed by atoms with E-state index in [2.05, 4.69) is 25.0 Å². The normalized spacial score (nSPS) is 16.8. The average Bonchev–Trinajstić information content (AvgIpc) is 3.90. The van der Waals surface area contributed by atoms with Gasteiger partial charge in [0.15, 0.2) is 5.13 Å². The van der Waals surface area contributed by atoms with E-state index in [1.54, 1.807) is 17.5 Å². The number of allylic oxidation sites excluding steroid dienone is 1. The van der Waals surface area contributed by atoms with Crippen LogP contribution in [0.5, 0.6) is 0 Å². The number of benzene rings is 3. The minimum atomic E-state index is -1.36. The molecule has 1 saturated heterocycles. The predicted molar refractivity (Wildman–Crippen MR) is 208 cm³/mol. The molecule has 17 heteroatoms. The van der Waals surface area contributed by atoms with Gasteiger partial charge in [0.2, 0.25) is 12.4 Å². The number of nitrogens with two attached hydrogens (primary N) is 1. The number of carbonyl (C=O) groups is 4. The molecule has 14 nitrogen and oxygen atoms in total. The number of oxime groups is 1. The van der Waals surface area contributed by atoms with Crippen LogP contribution in [0.4, 0.5) is 5.13 Å². The average molecular weight is 794 g/mol. The standard InChI is InChI=1S/C38H31N7O7S3/c1-23(46)50-22-51-36(49)33-24(16-17-27-20-55-44-43-27)19-53-35-32(34(48)45(33)35)42-31(47)18-40-52-38(25-10-4-2-5-11-25,26-12-6-3-7-13-26)29-15-9-8-14-28(29)30-21-54-37(39)41-30/h2-18,20-21,32,35H,19,22H2,1H3,(H2,39,41)(H,42,47)/b17-16-,40-18-. The molecule has 5 aromatic rings. The van der Waals surface area contributed by atoms with Gasteiger partial charge in [-0.3, -0.25) is 19.3 Å². The Balaban J connectivity index is 1.15. The minimum absolute atomic E-state index is 0.0288. The smallest absolute Gasteiger partial charge is 0.358 e. The van der Waals surface area contributed by atoms with Crippen molar-refractivity contribution in [3.63, 3.8) is 0 Å².